The Bertz CT molecular complexity index is 1350. The number of rotatable bonds is 3. The fraction of sp³-hybridized carbons (Fsp3) is 0.0909. The maximum Gasteiger partial charge on any atom is 0.350 e. The van der Waals surface area contributed by atoms with Crippen LogP contribution in [0.15, 0.2) is 77.6 Å². The van der Waals surface area contributed by atoms with Gasteiger partial charge in [-0.2, -0.15) is 9.61 Å². The van der Waals surface area contributed by atoms with Gasteiger partial charge in [0.2, 0.25) is 0 Å². The molecule has 0 spiro atoms. The van der Waals surface area contributed by atoms with Crippen molar-refractivity contribution in [1.29, 1.82) is 0 Å². The van der Waals surface area contributed by atoms with Crippen LogP contribution in [0.5, 0.6) is 5.75 Å². The topological polar surface area (TPSA) is 48.5 Å². The van der Waals surface area contributed by atoms with E-state index in [1.807, 2.05) is 72.8 Å². The van der Waals surface area contributed by atoms with E-state index in [0.29, 0.717) is 6.54 Å². The second kappa shape index (κ2) is 5.99. The van der Waals surface area contributed by atoms with E-state index in [4.69, 9.17) is 4.74 Å². The molecule has 5 aromatic rings. The molecular weight excluding hydrogens is 338 g/mol. The van der Waals surface area contributed by atoms with Gasteiger partial charge in [-0.15, -0.1) is 0 Å². The molecule has 0 N–H and O–H groups in total. The van der Waals surface area contributed by atoms with Crippen LogP contribution in [-0.2, 0) is 6.54 Å². The Labute approximate surface area is 155 Å². The summed E-state index contributed by atoms with van der Waals surface area (Å²) in [6.45, 7) is 0.468. The maximum absolute atomic E-state index is 13.3. The van der Waals surface area contributed by atoms with Crippen LogP contribution in [0, 0.1) is 0 Å². The average molecular weight is 355 g/mol. The minimum Gasteiger partial charge on any atom is -0.497 e. The van der Waals surface area contributed by atoms with Crippen molar-refractivity contribution in [3.63, 3.8) is 0 Å². The van der Waals surface area contributed by atoms with Crippen LogP contribution < -0.4 is 10.4 Å². The first-order valence-electron chi connectivity index (χ1n) is 8.78. The summed E-state index contributed by atoms with van der Waals surface area (Å²) in [7, 11) is 1.63. The van der Waals surface area contributed by atoms with E-state index in [1.165, 1.54) is 4.52 Å². The van der Waals surface area contributed by atoms with E-state index in [9.17, 15) is 4.79 Å². The summed E-state index contributed by atoms with van der Waals surface area (Å²) >= 11 is 0. The predicted octanol–water partition coefficient (Wildman–Crippen LogP) is 3.86. The summed E-state index contributed by atoms with van der Waals surface area (Å²) in [5.41, 5.74) is 3.37. The Morgan fingerprint density at radius 1 is 0.926 bits per heavy atom. The summed E-state index contributed by atoms with van der Waals surface area (Å²) in [6, 6.07) is 23.6. The molecule has 0 aliphatic rings. The molecule has 0 saturated heterocycles. The van der Waals surface area contributed by atoms with Gasteiger partial charge in [0.15, 0.2) is 0 Å². The molecule has 0 unspecified atom stereocenters. The lowest BCUT2D eigenvalue weighted by Gasteiger charge is -2.13. The highest BCUT2D eigenvalue weighted by Gasteiger charge is 2.16. The van der Waals surface area contributed by atoms with Crippen LogP contribution in [0.25, 0.3) is 27.3 Å². The van der Waals surface area contributed by atoms with Gasteiger partial charge in [0.05, 0.1) is 30.2 Å². The smallest absolute Gasteiger partial charge is 0.350 e. The van der Waals surface area contributed by atoms with Gasteiger partial charge in [-0.25, -0.2) is 4.79 Å². The van der Waals surface area contributed by atoms with E-state index in [1.54, 1.807) is 11.7 Å². The van der Waals surface area contributed by atoms with E-state index < -0.39 is 0 Å². The van der Waals surface area contributed by atoms with Gasteiger partial charge in [-0.1, -0.05) is 48.5 Å². The summed E-state index contributed by atoms with van der Waals surface area (Å²) < 4.78 is 8.68. The third kappa shape index (κ3) is 2.39. The van der Waals surface area contributed by atoms with E-state index >= 15 is 0 Å². The highest BCUT2D eigenvalue weighted by atomic mass is 16.5. The fourth-order valence-electron chi connectivity index (χ4n) is 3.63. The van der Waals surface area contributed by atoms with Crippen LogP contribution in [0.1, 0.15) is 5.56 Å². The predicted molar refractivity (Wildman–Crippen MR) is 107 cm³/mol. The molecule has 0 aliphatic carbocycles. The molecule has 132 valence electrons. The number of ether oxygens (including phenoxy) is 1. The zero-order chi connectivity index (χ0) is 18.4. The maximum atomic E-state index is 13.3. The molecule has 5 nitrogen and oxygen atoms in total. The van der Waals surface area contributed by atoms with Gasteiger partial charge in [-0.05, 0) is 23.8 Å². The van der Waals surface area contributed by atoms with Crippen molar-refractivity contribution in [2.24, 2.45) is 0 Å². The minimum absolute atomic E-state index is 0.161. The summed E-state index contributed by atoms with van der Waals surface area (Å²) in [4.78, 5) is 13.3. The van der Waals surface area contributed by atoms with Crippen molar-refractivity contribution in [2.45, 2.75) is 6.54 Å². The van der Waals surface area contributed by atoms with Gasteiger partial charge in [0.1, 0.15) is 5.75 Å². The summed E-state index contributed by atoms with van der Waals surface area (Å²) in [5, 5.41) is 6.50. The molecule has 3 aromatic carbocycles. The SMILES string of the molecule is COc1ccc2c(c1)n(Cc1ccccc1)c(=O)n1nc3ccccc3c21. The summed E-state index contributed by atoms with van der Waals surface area (Å²) in [6.07, 6.45) is 0. The van der Waals surface area contributed by atoms with Crippen molar-refractivity contribution in [2.75, 3.05) is 7.11 Å². The molecule has 2 aromatic heterocycles. The largest absolute Gasteiger partial charge is 0.497 e. The molecule has 0 amide bonds. The lowest BCUT2D eigenvalue weighted by atomic mass is 10.1. The number of fused-ring (bicyclic) bond motifs is 5. The fourth-order valence-corrected chi connectivity index (χ4v) is 3.63. The quantitative estimate of drug-likeness (QED) is 0.494. The minimum atomic E-state index is -0.161. The van der Waals surface area contributed by atoms with E-state index in [-0.39, 0.29) is 5.69 Å². The van der Waals surface area contributed by atoms with Crippen LogP contribution in [0.2, 0.25) is 0 Å². The third-order valence-corrected chi connectivity index (χ3v) is 4.93. The van der Waals surface area contributed by atoms with Gasteiger partial charge in [0.25, 0.3) is 0 Å². The molecule has 0 bridgehead atoms. The number of benzene rings is 3. The third-order valence-electron chi connectivity index (χ3n) is 4.93. The van der Waals surface area contributed by atoms with Gasteiger partial charge in [0, 0.05) is 16.8 Å². The lowest BCUT2D eigenvalue weighted by molar-refractivity contribution is 0.415. The van der Waals surface area contributed by atoms with Crippen LogP contribution in [0.3, 0.4) is 0 Å². The summed E-state index contributed by atoms with van der Waals surface area (Å²) in [5.74, 6) is 0.719. The number of nitrogens with zero attached hydrogens (tertiary/aromatic N) is 3. The molecule has 5 rings (SSSR count). The van der Waals surface area contributed by atoms with Gasteiger partial charge < -0.3 is 4.74 Å². The molecular formula is C22H17N3O2. The molecule has 27 heavy (non-hydrogen) atoms. The Kier molecular flexibility index (Phi) is 3.47. The average Bonchev–Trinajstić information content (AvgIpc) is 3.11. The Balaban J connectivity index is 1.93. The van der Waals surface area contributed by atoms with Crippen molar-refractivity contribution in [1.82, 2.24) is 14.2 Å². The highest BCUT2D eigenvalue weighted by molar-refractivity contribution is 6.08. The molecule has 0 atom stereocenters. The second-order valence-corrected chi connectivity index (χ2v) is 6.51. The first-order valence-corrected chi connectivity index (χ1v) is 8.78. The lowest BCUT2D eigenvalue weighted by Crippen LogP contribution is -2.28. The first-order chi connectivity index (χ1) is 13.3. The van der Waals surface area contributed by atoms with Crippen LogP contribution in [-0.4, -0.2) is 21.3 Å². The van der Waals surface area contributed by atoms with Crippen molar-refractivity contribution in [3.05, 3.63) is 88.8 Å². The molecule has 0 fully saturated rings. The standard InChI is InChI=1S/C22H17N3O2/c1-27-16-11-12-18-20(13-16)24(14-15-7-3-2-4-8-15)22(26)25-21(18)17-9-5-6-10-19(17)23-25/h2-13H,14H2,1H3. The van der Waals surface area contributed by atoms with Crippen molar-refractivity contribution in [3.8, 4) is 5.75 Å². The Morgan fingerprint density at radius 3 is 2.52 bits per heavy atom. The molecule has 0 radical (unpaired) electrons. The zero-order valence-corrected chi connectivity index (χ0v) is 14.8. The first kappa shape index (κ1) is 15.6. The van der Waals surface area contributed by atoms with Crippen LogP contribution in [0.4, 0.5) is 0 Å². The number of hydrogen-bond donors (Lipinski definition) is 0. The van der Waals surface area contributed by atoms with Crippen molar-refractivity contribution >= 4 is 27.3 Å². The number of aromatic nitrogens is 3. The molecule has 5 heteroatoms. The van der Waals surface area contributed by atoms with Crippen LogP contribution >= 0.6 is 0 Å². The Hall–Kier alpha value is -3.60. The highest BCUT2D eigenvalue weighted by Crippen LogP contribution is 2.28. The van der Waals surface area contributed by atoms with E-state index in [2.05, 4.69) is 5.10 Å². The number of methoxy groups -OCH3 is 1. The van der Waals surface area contributed by atoms with Gasteiger partial charge >= 0.3 is 5.69 Å². The zero-order valence-electron chi connectivity index (χ0n) is 14.8. The molecule has 2 heterocycles. The molecule has 0 saturated carbocycles. The monoisotopic (exact) mass is 355 g/mol. The van der Waals surface area contributed by atoms with E-state index in [0.717, 1.165) is 38.6 Å². The normalized spacial score (nSPS) is 11.4. The van der Waals surface area contributed by atoms with Gasteiger partial charge in [-0.3, -0.25) is 4.57 Å². The number of hydrogen-bond acceptors (Lipinski definition) is 3. The Morgan fingerprint density at radius 2 is 1.70 bits per heavy atom. The molecule has 0 aliphatic heterocycles. The van der Waals surface area contributed by atoms with Crippen molar-refractivity contribution < 1.29 is 4.74 Å². The second-order valence-electron chi connectivity index (χ2n) is 6.51.